The lowest BCUT2D eigenvalue weighted by atomic mass is 10.2. The summed E-state index contributed by atoms with van der Waals surface area (Å²) in [7, 11) is 2.95. The SMILES string of the molecule is C=C(C#N)/C=C(/OC)C(=C)OC. The van der Waals surface area contributed by atoms with Crippen LogP contribution < -0.4 is 0 Å². The minimum Gasteiger partial charge on any atom is -0.493 e. The molecule has 0 amide bonds. The summed E-state index contributed by atoms with van der Waals surface area (Å²) in [6, 6.07) is 1.86. The molecule has 0 unspecified atom stereocenters. The first-order valence-corrected chi connectivity index (χ1v) is 3.23. The molecule has 0 bridgehead atoms. The van der Waals surface area contributed by atoms with Gasteiger partial charge in [-0.3, -0.25) is 0 Å². The van der Waals surface area contributed by atoms with Gasteiger partial charge in [-0.05, 0) is 0 Å². The van der Waals surface area contributed by atoms with Crippen molar-refractivity contribution in [3.05, 3.63) is 36.3 Å². The van der Waals surface area contributed by atoms with Crippen LogP contribution in [0.4, 0.5) is 0 Å². The second-order valence-electron chi connectivity index (χ2n) is 1.98. The maximum Gasteiger partial charge on any atom is 0.161 e. The van der Waals surface area contributed by atoms with Gasteiger partial charge in [0.05, 0.1) is 20.3 Å². The lowest BCUT2D eigenvalue weighted by Crippen LogP contribution is -1.93. The van der Waals surface area contributed by atoms with E-state index in [0.29, 0.717) is 17.1 Å². The molecule has 0 fully saturated rings. The minimum atomic E-state index is 0.296. The van der Waals surface area contributed by atoms with Crippen molar-refractivity contribution >= 4 is 0 Å². The van der Waals surface area contributed by atoms with Crippen LogP contribution in [0.5, 0.6) is 0 Å². The Bertz CT molecular complexity index is 258. The normalized spacial score (nSPS) is 9.92. The predicted octanol–water partition coefficient (Wildman–Crippen LogP) is 1.76. The van der Waals surface area contributed by atoms with Crippen LogP contribution in [0.2, 0.25) is 0 Å². The Hall–Kier alpha value is -1.69. The lowest BCUT2D eigenvalue weighted by molar-refractivity contribution is 0.221. The van der Waals surface area contributed by atoms with Crippen LogP contribution in [-0.2, 0) is 9.47 Å². The molecule has 0 aliphatic carbocycles. The van der Waals surface area contributed by atoms with Crippen molar-refractivity contribution in [3.8, 4) is 6.07 Å². The molecule has 12 heavy (non-hydrogen) atoms. The van der Waals surface area contributed by atoms with E-state index >= 15 is 0 Å². The van der Waals surface area contributed by atoms with Crippen LogP contribution in [-0.4, -0.2) is 14.2 Å². The van der Waals surface area contributed by atoms with Gasteiger partial charge < -0.3 is 9.47 Å². The maximum absolute atomic E-state index is 8.41. The largest absolute Gasteiger partial charge is 0.493 e. The quantitative estimate of drug-likeness (QED) is 0.362. The summed E-state index contributed by atoms with van der Waals surface area (Å²) in [5.41, 5.74) is 0.296. The number of methoxy groups -OCH3 is 2. The molecule has 3 heteroatoms. The van der Waals surface area contributed by atoms with Crippen molar-refractivity contribution in [1.82, 2.24) is 0 Å². The van der Waals surface area contributed by atoms with E-state index in [1.165, 1.54) is 20.3 Å². The Balaban J connectivity index is 4.57. The Morgan fingerprint density at radius 2 is 1.92 bits per heavy atom. The second-order valence-corrected chi connectivity index (χ2v) is 1.98. The van der Waals surface area contributed by atoms with Gasteiger partial charge >= 0.3 is 0 Å². The molecule has 0 heterocycles. The fraction of sp³-hybridized carbons (Fsp3) is 0.222. The molecule has 3 nitrogen and oxygen atoms in total. The predicted molar refractivity (Wildman–Crippen MR) is 46.0 cm³/mol. The molecular weight excluding hydrogens is 154 g/mol. The highest BCUT2D eigenvalue weighted by Crippen LogP contribution is 2.10. The van der Waals surface area contributed by atoms with E-state index in [1.54, 1.807) is 0 Å². The zero-order chi connectivity index (χ0) is 9.56. The van der Waals surface area contributed by atoms with E-state index in [0.717, 1.165) is 0 Å². The van der Waals surface area contributed by atoms with Gasteiger partial charge in [0.25, 0.3) is 0 Å². The first-order chi connectivity index (χ1) is 5.65. The lowest BCUT2D eigenvalue weighted by Gasteiger charge is -2.06. The van der Waals surface area contributed by atoms with Gasteiger partial charge in [0, 0.05) is 11.6 Å². The number of allylic oxidation sites excluding steroid dienone is 2. The zero-order valence-corrected chi connectivity index (χ0v) is 7.26. The monoisotopic (exact) mass is 165 g/mol. The van der Waals surface area contributed by atoms with E-state index < -0.39 is 0 Å². The van der Waals surface area contributed by atoms with Gasteiger partial charge in [-0.15, -0.1) is 0 Å². The third kappa shape index (κ3) is 2.93. The zero-order valence-electron chi connectivity index (χ0n) is 7.26. The number of rotatable bonds is 4. The Labute approximate surface area is 72.2 Å². The summed E-state index contributed by atoms with van der Waals surface area (Å²) in [5.74, 6) is 0.776. The molecule has 0 aromatic rings. The number of hydrogen-bond acceptors (Lipinski definition) is 3. The second kappa shape index (κ2) is 5.03. The average molecular weight is 165 g/mol. The molecule has 0 aromatic heterocycles. The Morgan fingerprint density at radius 1 is 1.33 bits per heavy atom. The van der Waals surface area contributed by atoms with Crippen LogP contribution >= 0.6 is 0 Å². The van der Waals surface area contributed by atoms with Gasteiger partial charge in [0.15, 0.2) is 11.5 Å². The highest BCUT2D eigenvalue weighted by molar-refractivity contribution is 5.35. The molecule has 0 aliphatic heterocycles. The average Bonchev–Trinajstić information content (AvgIpc) is 2.12. The van der Waals surface area contributed by atoms with Gasteiger partial charge in [-0.2, -0.15) is 5.26 Å². The molecule has 0 radical (unpaired) electrons. The van der Waals surface area contributed by atoms with Crippen LogP contribution in [0.1, 0.15) is 0 Å². The molecule has 0 N–H and O–H groups in total. The van der Waals surface area contributed by atoms with Crippen molar-refractivity contribution in [2.75, 3.05) is 14.2 Å². The van der Waals surface area contributed by atoms with Crippen LogP contribution in [0.15, 0.2) is 36.3 Å². The molecular formula is C9H11NO2. The number of hydrogen-bond donors (Lipinski definition) is 0. The van der Waals surface area contributed by atoms with Crippen molar-refractivity contribution in [1.29, 1.82) is 5.26 Å². The minimum absolute atomic E-state index is 0.296. The van der Waals surface area contributed by atoms with Crippen LogP contribution in [0.3, 0.4) is 0 Å². The van der Waals surface area contributed by atoms with E-state index in [1.807, 2.05) is 6.07 Å². The molecule has 0 saturated heterocycles. The van der Waals surface area contributed by atoms with Gasteiger partial charge in [-0.25, -0.2) is 0 Å². The van der Waals surface area contributed by atoms with Gasteiger partial charge in [-0.1, -0.05) is 13.2 Å². The van der Waals surface area contributed by atoms with Crippen molar-refractivity contribution in [2.45, 2.75) is 0 Å². The molecule has 0 saturated carbocycles. The topological polar surface area (TPSA) is 42.2 Å². The van der Waals surface area contributed by atoms with E-state index in [2.05, 4.69) is 13.2 Å². The molecule has 0 aromatic carbocycles. The van der Waals surface area contributed by atoms with Gasteiger partial charge in [0.1, 0.15) is 0 Å². The third-order valence-corrected chi connectivity index (χ3v) is 1.19. The summed E-state index contributed by atoms with van der Waals surface area (Å²) in [6.07, 6.45) is 1.46. The molecule has 0 aliphatic rings. The Kier molecular flexibility index (Phi) is 4.32. The summed E-state index contributed by atoms with van der Waals surface area (Å²) < 4.78 is 9.71. The molecule has 0 rings (SSSR count). The molecule has 64 valence electrons. The fourth-order valence-corrected chi connectivity index (χ4v) is 0.544. The summed E-state index contributed by atoms with van der Waals surface area (Å²) in [5, 5.41) is 8.41. The maximum atomic E-state index is 8.41. The first-order valence-electron chi connectivity index (χ1n) is 3.23. The Morgan fingerprint density at radius 3 is 2.25 bits per heavy atom. The standard InChI is InChI=1S/C9H11NO2/c1-7(6-10)5-9(12-4)8(2)11-3/h5H,1-2H2,3-4H3/b9-5+. The number of nitrogens with zero attached hydrogens (tertiary/aromatic N) is 1. The first kappa shape index (κ1) is 10.3. The highest BCUT2D eigenvalue weighted by atomic mass is 16.5. The summed E-state index contributed by atoms with van der Waals surface area (Å²) in [6.45, 7) is 7.03. The van der Waals surface area contributed by atoms with Gasteiger partial charge in [0.2, 0.25) is 0 Å². The van der Waals surface area contributed by atoms with E-state index in [9.17, 15) is 0 Å². The number of ether oxygens (including phenoxy) is 2. The van der Waals surface area contributed by atoms with Crippen LogP contribution in [0.25, 0.3) is 0 Å². The summed E-state index contributed by atoms with van der Waals surface area (Å²) in [4.78, 5) is 0. The highest BCUT2D eigenvalue weighted by Gasteiger charge is 2.01. The molecule has 0 spiro atoms. The smallest absolute Gasteiger partial charge is 0.161 e. The van der Waals surface area contributed by atoms with Crippen molar-refractivity contribution in [3.63, 3.8) is 0 Å². The third-order valence-electron chi connectivity index (χ3n) is 1.19. The molecule has 0 atom stereocenters. The summed E-state index contributed by atoms with van der Waals surface area (Å²) >= 11 is 0. The van der Waals surface area contributed by atoms with E-state index in [-0.39, 0.29) is 0 Å². The van der Waals surface area contributed by atoms with Crippen molar-refractivity contribution < 1.29 is 9.47 Å². The number of nitriles is 1. The van der Waals surface area contributed by atoms with Crippen LogP contribution in [0, 0.1) is 11.3 Å². The van der Waals surface area contributed by atoms with E-state index in [4.69, 9.17) is 14.7 Å². The fourth-order valence-electron chi connectivity index (χ4n) is 0.544. The van der Waals surface area contributed by atoms with Crippen molar-refractivity contribution in [2.24, 2.45) is 0 Å².